The van der Waals surface area contributed by atoms with Crippen LogP contribution in [0.5, 0.6) is 0 Å². The van der Waals surface area contributed by atoms with E-state index in [2.05, 4.69) is 20.9 Å². The minimum atomic E-state index is -0.198. The van der Waals surface area contributed by atoms with Gasteiger partial charge in [0.1, 0.15) is 0 Å². The maximum Gasteiger partial charge on any atom is 0.319 e. The van der Waals surface area contributed by atoms with Gasteiger partial charge in [0.25, 0.3) is 0 Å². The predicted molar refractivity (Wildman–Crippen MR) is 79.4 cm³/mol. The average Bonchev–Trinajstić information content (AvgIpc) is 2.49. The molecule has 0 fully saturated rings. The maximum atomic E-state index is 11.6. The SMILES string of the molecule is O=C(NCCNCc1ccccn1)Nc1ccccc1. The highest BCUT2D eigenvalue weighted by atomic mass is 16.2. The van der Waals surface area contributed by atoms with E-state index in [1.54, 1.807) is 6.20 Å². The molecule has 1 heterocycles. The lowest BCUT2D eigenvalue weighted by Gasteiger charge is -2.08. The Morgan fingerprint density at radius 3 is 2.55 bits per heavy atom. The first-order chi connectivity index (χ1) is 9.84. The molecule has 5 nitrogen and oxygen atoms in total. The fraction of sp³-hybridized carbons (Fsp3) is 0.200. The third kappa shape index (κ3) is 5.07. The maximum absolute atomic E-state index is 11.6. The molecule has 0 aliphatic rings. The van der Waals surface area contributed by atoms with Crippen LogP contribution in [0.4, 0.5) is 10.5 Å². The minimum Gasteiger partial charge on any atom is -0.337 e. The number of para-hydroxylation sites is 1. The second kappa shape index (κ2) is 7.91. The fourth-order valence-electron chi connectivity index (χ4n) is 1.68. The van der Waals surface area contributed by atoms with E-state index in [1.165, 1.54) is 0 Å². The zero-order valence-electron chi connectivity index (χ0n) is 11.2. The Morgan fingerprint density at radius 2 is 1.80 bits per heavy atom. The Balaban J connectivity index is 1.58. The minimum absolute atomic E-state index is 0.198. The van der Waals surface area contributed by atoms with Gasteiger partial charge in [-0.1, -0.05) is 24.3 Å². The number of pyridine rings is 1. The van der Waals surface area contributed by atoms with Crippen LogP contribution in [0.2, 0.25) is 0 Å². The van der Waals surface area contributed by atoms with Crippen molar-refractivity contribution in [1.82, 2.24) is 15.6 Å². The molecule has 2 rings (SSSR count). The van der Waals surface area contributed by atoms with Crippen molar-refractivity contribution in [2.75, 3.05) is 18.4 Å². The molecule has 1 aromatic carbocycles. The number of nitrogens with zero attached hydrogens (tertiary/aromatic N) is 1. The first-order valence-corrected chi connectivity index (χ1v) is 6.55. The summed E-state index contributed by atoms with van der Waals surface area (Å²) < 4.78 is 0. The number of aromatic nitrogens is 1. The van der Waals surface area contributed by atoms with Crippen LogP contribution >= 0.6 is 0 Å². The molecule has 1 aromatic heterocycles. The smallest absolute Gasteiger partial charge is 0.319 e. The highest BCUT2D eigenvalue weighted by Crippen LogP contribution is 2.03. The lowest BCUT2D eigenvalue weighted by atomic mass is 10.3. The summed E-state index contributed by atoms with van der Waals surface area (Å²) in [6.07, 6.45) is 1.77. The van der Waals surface area contributed by atoms with Gasteiger partial charge < -0.3 is 16.0 Å². The van der Waals surface area contributed by atoms with E-state index < -0.39 is 0 Å². The van der Waals surface area contributed by atoms with Crippen molar-refractivity contribution in [3.8, 4) is 0 Å². The molecule has 0 aliphatic heterocycles. The summed E-state index contributed by atoms with van der Waals surface area (Å²) in [5.74, 6) is 0. The molecule has 0 aliphatic carbocycles. The number of hydrogen-bond donors (Lipinski definition) is 3. The molecule has 20 heavy (non-hydrogen) atoms. The highest BCUT2D eigenvalue weighted by molar-refractivity contribution is 5.89. The summed E-state index contributed by atoms with van der Waals surface area (Å²) in [5, 5.41) is 8.76. The average molecular weight is 270 g/mol. The molecule has 0 bridgehead atoms. The molecule has 0 atom stereocenters. The van der Waals surface area contributed by atoms with Crippen LogP contribution in [0.15, 0.2) is 54.7 Å². The molecule has 0 saturated heterocycles. The summed E-state index contributed by atoms with van der Waals surface area (Å²) in [6, 6.07) is 15.0. The third-order valence-corrected chi connectivity index (χ3v) is 2.65. The van der Waals surface area contributed by atoms with Crippen LogP contribution < -0.4 is 16.0 Å². The van der Waals surface area contributed by atoms with Crippen molar-refractivity contribution in [3.63, 3.8) is 0 Å². The normalized spacial score (nSPS) is 10.0. The Bertz CT molecular complexity index is 516. The number of urea groups is 1. The summed E-state index contributed by atoms with van der Waals surface area (Å²) in [4.78, 5) is 15.8. The summed E-state index contributed by atoms with van der Waals surface area (Å²) in [5.41, 5.74) is 1.77. The van der Waals surface area contributed by atoms with Gasteiger partial charge in [0, 0.05) is 31.5 Å². The van der Waals surface area contributed by atoms with Gasteiger partial charge in [0.2, 0.25) is 0 Å². The third-order valence-electron chi connectivity index (χ3n) is 2.65. The lowest BCUT2D eigenvalue weighted by Crippen LogP contribution is -2.34. The van der Waals surface area contributed by atoms with Gasteiger partial charge in [0.05, 0.1) is 5.69 Å². The number of anilines is 1. The van der Waals surface area contributed by atoms with Gasteiger partial charge >= 0.3 is 6.03 Å². The highest BCUT2D eigenvalue weighted by Gasteiger charge is 1.99. The molecule has 3 N–H and O–H groups in total. The van der Waals surface area contributed by atoms with Crippen molar-refractivity contribution < 1.29 is 4.79 Å². The second-order valence-electron chi connectivity index (χ2n) is 4.24. The van der Waals surface area contributed by atoms with Gasteiger partial charge in [-0.3, -0.25) is 4.98 Å². The van der Waals surface area contributed by atoms with E-state index in [1.807, 2.05) is 48.5 Å². The van der Waals surface area contributed by atoms with E-state index in [-0.39, 0.29) is 6.03 Å². The first-order valence-electron chi connectivity index (χ1n) is 6.55. The molecule has 0 radical (unpaired) electrons. The Labute approximate surface area is 118 Å². The zero-order valence-corrected chi connectivity index (χ0v) is 11.2. The van der Waals surface area contributed by atoms with Crippen LogP contribution in [0.3, 0.4) is 0 Å². The van der Waals surface area contributed by atoms with Crippen LogP contribution in [0.25, 0.3) is 0 Å². The number of benzene rings is 1. The summed E-state index contributed by atoms with van der Waals surface area (Å²) >= 11 is 0. The van der Waals surface area contributed by atoms with Crippen LogP contribution in [-0.2, 0) is 6.54 Å². The molecule has 0 saturated carbocycles. The first kappa shape index (κ1) is 14.0. The number of rotatable bonds is 6. The van der Waals surface area contributed by atoms with E-state index in [9.17, 15) is 4.79 Å². The number of amides is 2. The Kier molecular flexibility index (Phi) is 5.54. The lowest BCUT2D eigenvalue weighted by molar-refractivity contribution is 0.252. The van der Waals surface area contributed by atoms with Crippen molar-refractivity contribution in [2.45, 2.75) is 6.54 Å². The summed E-state index contributed by atoms with van der Waals surface area (Å²) in [7, 11) is 0. The molecule has 104 valence electrons. The van der Waals surface area contributed by atoms with Crippen molar-refractivity contribution in [2.24, 2.45) is 0 Å². The number of carbonyl (C=O) groups is 1. The molecule has 0 spiro atoms. The van der Waals surface area contributed by atoms with Gasteiger partial charge in [-0.05, 0) is 24.3 Å². The molecule has 2 aromatic rings. The van der Waals surface area contributed by atoms with Crippen LogP contribution in [-0.4, -0.2) is 24.1 Å². The van der Waals surface area contributed by atoms with Gasteiger partial charge in [-0.2, -0.15) is 0 Å². The fourth-order valence-corrected chi connectivity index (χ4v) is 1.68. The molecular weight excluding hydrogens is 252 g/mol. The number of nitrogens with one attached hydrogen (secondary N) is 3. The number of hydrogen-bond acceptors (Lipinski definition) is 3. The molecule has 0 unspecified atom stereocenters. The zero-order chi connectivity index (χ0) is 14.0. The number of carbonyl (C=O) groups excluding carboxylic acids is 1. The second-order valence-corrected chi connectivity index (χ2v) is 4.24. The van der Waals surface area contributed by atoms with E-state index in [0.717, 1.165) is 11.4 Å². The van der Waals surface area contributed by atoms with Crippen molar-refractivity contribution in [3.05, 3.63) is 60.4 Å². The quantitative estimate of drug-likeness (QED) is 0.703. The van der Waals surface area contributed by atoms with Gasteiger partial charge in [0.15, 0.2) is 0 Å². The Morgan fingerprint density at radius 1 is 1.00 bits per heavy atom. The monoisotopic (exact) mass is 270 g/mol. The summed E-state index contributed by atoms with van der Waals surface area (Å²) in [6.45, 7) is 1.95. The molecular formula is C15H18N4O. The standard InChI is InChI=1S/C15H18N4O/c20-15(19-13-6-2-1-3-7-13)18-11-10-16-12-14-8-4-5-9-17-14/h1-9,16H,10-12H2,(H2,18,19,20). The molecule has 2 amide bonds. The topological polar surface area (TPSA) is 66.0 Å². The van der Waals surface area contributed by atoms with Crippen molar-refractivity contribution in [1.29, 1.82) is 0 Å². The largest absolute Gasteiger partial charge is 0.337 e. The Hall–Kier alpha value is -2.40. The molecule has 5 heteroatoms. The van der Waals surface area contributed by atoms with E-state index in [4.69, 9.17) is 0 Å². The van der Waals surface area contributed by atoms with E-state index in [0.29, 0.717) is 19.6 Å². The van der Waals surface area contributed by atoms with Crippen molar-refractivity contribution >= 4 is 11.7 Å². The van der Waals surface area contributed by atoms with Crippen LogP contribution in [0.1, 0.15) is 5.69 Å². The van der Waals surface area contributed by atoms with Gasteiger partial charge in [-0.25, -0.2) is 4.79 Å². The van der Waals surface area contributed by atoms with Gasteiger partial charge in [-0.15, -0.1) is 0 Å². The van der Waals surface area contributed by atoms with Crippen LogP contribution in [0, 0.1) is 0 Å². The van der Waals surface area contributed by atoms with E-state index >= 15 is 0 Å². The predicted octanol–water partition coefficient (Wildman–Crippen LogP) is 1.99.